The topological polar surface area (TPSA) is 66.0 Å². The van der Waals surface area contributed by atoms with Gasteiger partial charge in [-0.25, -0.2) is 4.79 Å². The monoisotopic (exact) mass is 320 g/mol. The van der Waals surface area contributed by atoms with Crippen LogP contribution in [-0.2, 0) is 6.42 Å². The van der Waals surface area contributed by atoms with Gasteiger partial charge in [0, 0.05) is 11.1 Å². The zero-order valence-electron chi connectivity index (χ0n) is 13.6. The molecule has 2 N–H and O–H groups in total. The van der Waals surface area contributed by atoms with E-state index in [1.165, 1.54) is 18.4 Å². The summed E-state index contributed by atoms with van der Waals surface area (Å²) in [4.78, 5) is 11.4. The standard InChI is InChI=1S/C20H20N2O2/c1-2-3-6-14-9-11-15(12-10-14)18-13-19(22-21-18)16-7-4-5-8-17(16)20(23)24/h4-5,7-13H,2-3,6H2,1H3,(H,21,22)(H,23,24). The van der Waals surface area contributed by atoms with E-state index >= 15 is 0 Å². The minimum Gasteiger partial charge on any atom is -0.478 e. The molecule has 122 valence electrons. The van der Waals surface area contributed by atoms with Gasteiger partial charge in [0.05, 0.1) is 17.0 Å². The largest absolute Gasteiger partial charge is 0.478 e. The lowest BCUT2D eigenvalue weighted by molar-refractivity contribution is 0.0697. The van der Waals surface area contributed by atoms with Crippen molar-refractivity contribution in [1.29, 1.82) is 0 Å². The number of hydrogen-bond donors (Lipinski definition) is 2. The van der Waals surface area contributed by atoms with E-state index in [0.29, 0.717) is 11.3 Å². The Hall–Kier alpha value is -2.88. The van der Waals surface area contributed by atoms with Crippen LogP contribution in [0.25, 0.3) is 22.5 Å². The van der Waals surface area contributed by atoms with E-state index < -0.39 is 5.97 Å². The lowest BCUT2D eigenvalue weighted by atomic mass is 10.0. The number of benzene rings is 2. The highest BCUT2D eigenvalue weighted by atomic mass is 16.4. The molecule has 3 aromatic rings. The number of carbonyl (C=O) groups is 1. The highest BCUT2D eigenvalue weighted by Crippen LogP contribution is 2.26. The summed E-state index contributed by atoms with van der Waals surface area (Å²) < 4.78 is 0. The molecular formula is C20H20N2O2. The molecule has 0 aliphatic heterocycles. The van der Waals surface area contributed by atoms with Crippen LogP contribution in [0.4, 0.5) is 0 Å². The predicted octanol–water partition coefficient (Wildman–Crippen LogP) is 4.78. The normalized spacial score (nSPS) is 10.7. The van der Waals surface area contributed by atoms with Crippen molar-refractivity contribution in [2.45, 2.75) is 26.2 Å². The summed E-state index contributed by atoms with van der Waals surface area (Å²) in [5.74, 6) is -0.943. The Morgan fingerprint density at radius 3 is 2.58 bits per heavy atom. The van der Waals surface area contributed by atoms with Gasteiger partial charge in [0.25, 0.3) is 0 Å². The second kappa shape index (κ2) is 7.13. The van der Waals surface area contributed by atoms with Crippen LogP contribution >= 0.6 is 0 Å². The van der Waals surface area contributed by atoms with Crippen LogP contribution in [0.2, 0.25) is 0 Å². The van der Waals surface area contributed by atoms with Crippen molar-refractivity contribution in [3.63, 3.8) is 0 Å². The number of hydrogen-bond acceptors (Lipinski definition) is 2. The number of unbranched alkanes of at least 4 members (excludes halogenated alkanes) is 1. The maximum absolute atomic E-state index is 11.4. The molecule has 0 atom stereocenters. The molecule has 0 fully saturated rings. The van der Waals surface area contributed by atoms with Gasteiger partial charge >= 0.3 is 5.97 Å². The Bertz CT molecular complexity index is 835. The second-order valence-electron chi connectivity index (χ2n) is 5.82. The van der Waals surface area contributed by atoms with Crippen molar-refractivity contribution in [3.05, 3.63) is 65.7 Å². The first-order chi connectivity index (χ1) is 11.7. The Morgan fingerprint density at radius 1 is 1.12 bits per heavy atom. The van der Waals surface area contributed by atoms with Gasteiger partial charge in [0.2, 0.25) is 0 Å². The Kier molecular flexibility index (Phi) is 4.75. The number of nitrogens with zero attached hydrogens (tertiary/aromatic N) is 1. The number of carboxylic acids is 1. The van der Waals surface area contributed by atoms with Crippen LogP contribution in [0.1, 0.15) is 35.7 Å². The third kappa shape index (κ3) is 3.38. The smallest absolute Gasteiger partial charge is 0.336 e. The van der Waals surface area contributed by atoms with Crippen LogP contribution < -0.4 is 0 Å². The molecule has 0 unspecified atom stereocenters. The van der Waals surface area contributed by atoms with Gasteiger partial charge < -0.3 is 5.11 Å². The van der Waals surface area contributed by atoms with E-state index in [1.54, 1.807) is 18.2 Å². The number of rotatable bonds is 6. The minimum atomic E-state index is -0.943. The number of aryl methyl sites for hydroxylation is 1. The van der Waals surface area contributed by atoms with Crippen LogP contribution in [-0.4, -0.2) is 21.3 Å². The zero-order chi connectivity index (χ0) is 16.9. The molecule has 4 nitrogen and oxygen atoms in total. The van der Waals surface area contributed by atoms with Crippen molar-refractivity contribution < 1.29 is 9.90 Å². The lowest BCUT2D eigenvalue weighted by Gasteiger charge is -2.02. The highest BCUT2D eigenvalue weighted by molar-refractivity contribution is 5.95. The molecule has 0 bridgehead atoms. The summed E-state index contributed by atoms with van der Waals surface area (Å²) in [5.41, 5.74) is 4.77. The summed E-state index contributed by atoms with van der Waals surface area (Å²) in [6.45, 7) is 2.19. The molecule has 0 saturated heterocycles. The Morgan fingerprint density at radius 2 is 1.88 bits per heavy atom. The van der Waals surface area contributed by atoms with E-state index in [2.05, 4.69) is 41.4 Å². The Balaban J connectivity index is 1.87. The maximum Gasteiger partial charge on any atom is 0.336 e. The number of aromatic carboxylic acids is 1. The summed E-state index contributed by atoms with van der Waals surface area (Å²) >= 11 is 0. The van der Waals surface area contributed by atoms with Gasteiger partial charge in [-0.05, 0) is 30.5 Å². The third-order valence-corrected chi connectivity index (χ3v) is 4.09. The molecule has 0 saturated carbocycles. The number of carboxylic acid groups (broad SMARTS) is 1. The van der Waals surface area contributed by atoms with Gasteiger partial charge in [-0.1, -0.05) is 55.8 Å². The number of aromatic amines is 1. The lowest BCUT2D eigenvalue weighted by Crippen LogP contribution is -1.98. The number of H-pyrrole nitrogens is 1. The molecule has 1 heterocycles. The molecule has 1 aromatic heterocycles. The van der Waals surface area contributed by atoms with Crippen molar-refractivity contribution in [2.24, 2.45) is 0 Å². The molecular weight excluding hydrogens is 300 g/mol. The van der Waals surface area contributed by atoms with E-state index in [-0.39, 0.29) is 5.56 Å². The van der Waals surface area contributed by atoms with Gasteiger partial charge in [-0.2, -0.15) is 5.10 Å². The summed E-state index contributed by atoms with van der Waals surface area (Å²) in [6, 6.07) is 17.2. The molecule has 0 aliphatic carbocycles. The quantitative estimate of drug-likeness (QED) is 0.686. The molecule has 0 radical (unpaired) electrons. The molecule has 0 aliphatic rings. The maximum atomic E-state index is 11.4. The highest BCUT2D eigenvalue weighted by Gasteiger charge is 2.13. The van der Waals surface area contributed by atoms with Crippen molar-refractivity contribution >= 4 is 5.97 Å². The second-order valence-corrected chi connectivity index (χ2v) is 5.82. The summed E-state index contributed by atoms with van der Waals surface area (Å²) in [6.07, 6.45) is 3.47. The van der Waals surface area contributed by atoms with Crippen LogP contribution in [0.5, 0.6) is 0 Å². The van der Waals surface area contributed by atoms with E-state index in [0.717, 1.165) is 17.7 Å². The third-order valence-electron chi connectivity index (χ3n) is 4.09. The van der Waals surface area contributed by atoms with Crippen LogP contribution in [0.15, 0.2) is 54.6 Å². The first-order valence-electron chi connectivity index (χ1n) is 8.16. The molecule has 0 spiro atoms. The molecule has 3 rings (SSSR count). The fourth-order valence-corrected chi connectivity index (χ4v) is 2.74. The fraction of sp³-hybridized carbons (Fsp3) is 0.200. The SMILES string of the molecule is CCCCc1ccc(-c2cc(-c3ccccc3C(=O)O)[nH]n2)cc1. The average Bonchev–Trinajstić information content (AvgIpc) is 3.10. The summed E-state index contributed by atoms with van der Waals surface area (Å²) in [5, 5.41) is 16.6. The molecule has 4 heteroatoms. The predicted molar refractivity (Wildman–Crippen MR) is 95.0 cm³/mol. The summed E-state index contributed by atoms with van der Waals surface area (Å²) in [7, 11) is 0. The van der Waals surface area contributed by atoms with E-state index in [1.807, 2.05) is 12.1 Å². The minimum absolute atomic E-state index is 0.266. The van der Waals surface area contributed by atoms with Gasteiger partial charge in [-0.3, -0.25) is 5.10 Å². The first-order valence-corrected chi connectivity index (χ1v) is 8.16. The number of aromatic nitrogens is 2. The molecule has 2 aromatic carbocycles. The average molecular weight is 320 g/mol. The van der Waals surface area contributed by atoms with Crippen molar-refractivity contribution in [2.75, 3.05) is 0 Å². The van der Waals surface area contributed by atoms with Crippen LogP contribution in [0, 0.1) is 0 Å². The van der Waals surface area contributed by atoms with Crippen molar-refractivity contribution in [3.8, 4) is 22.5 Å². The molecule has 0 amide bonds. The van der Waals surface area contributed by atoms with Crippen molar-refractivity contribution in [1.82, 2.24) is 10.2 Å². The van der Waals surface area contributed by atoms with Crippen LogP contribution in [0.3, 0.4) is 0 Å². The van der Waals surface area contributed by atoms with Gasteiger partial charge in [-0.15, -0.1) is 0 Å². The van der Waals surface area contributed by atoms with E-state index in [4.69, 9.17) is 0 Å². The van der Waals surface area contributed by atoms with Gasteiger partial charge in [0.15, 0.2) is 0 Å². The first kappa shape index (κ1) is 16.0. The fourth-order valence-electron chi connectivity index (χ4n) is 2.74. The number of nitrogens with one attached hydrogen (secondary N) is 1. The Labute approximate surface area is 141 Å². The van der Waals surface area contributed by atoms with Gasteiger partial charge in [0.1, 0.15) is 0 Å². The van der Waals surface area contributed by atoms with E-state index in [9.17, 15) is 9.90 Å². The zero-order valence-corrected chi connectivity index (χ0v) is 13.6. The molecule has 24 heavy (non-hydrogen) atoms.